The van der Waals surface area contributed by atoms with Crippen molar-refractivity contribution in [1.29, 1.82) is 0 Å². The summed E-state index contributed by atoms with van der Waals surface area (Å²) in [6.45, 7) is 6.98. The number of hydrogen-bond acceptors (Lipinski definition) is 8. The van der Waals surface area contributed by atoms with E-state index in [9.17, 15) is 27.6 Å². The number of piperazine rings is 1. The van der Waals surface area contributed by atoms with Gasteiger partial charge in [-0.15, -0.1) is 0 Å². The maximum absolute atomic E-state index is 14.0. The molecule has 18 heteroatoms. The Labute approximate surface area is 308 Å². The predicted molar refractivity (Wildman–Crippen MR) is 188 cm³/mol. The van der Waals surface area contributed by atoms with E-state index in [4.69, 9.17) is 11.6 Å². The third kappa shape index (κ3) is 7.63. The van der Waals surface area contributed by atoms with Crippen LogP contribution < -0.4 is 10.6 Å². The second kappa shape index (κ2) is 14.5. The fraction of sp³-hybridized carbons (Fsp3) is 0.457. The molecule has 3 aromatic heterocycles. The maximum Gasteiger partial charge on any atom is 0.435 e. The smallest absolute Gasteiger partial charge is 0.339 e. The number of piperidine rings is 1. The van der Waals surface area contributed by atoms with Gasteiger partial charge in [-0.05, 0) is 24.3 Å². The Bertz CT molecular complexity index is 2000. The summed E-state index contributed by atoms with van der Waals surface area (Å²) in [7, 11) is 3.71. The Hall–Kier alpha value is -4.87. The zero-order valence-corrected chi connectivity index (χ0v) is 30.1. The summed E-state index contributed by atoms with van der Waals surface area (Å²) in [5, 5.41) is 9.76. The van der Waals surface area contributed by atoms with Gasteiger partial charge in [-0.25, -0.2) is 19.6 Å². The molecule has 4 aromatic rings. The Morgan fingerprint density at radius 3 is 2.32 bits per heavy atom. The van der Waals surface area contributed by atoms with Gasteiger partial charge >= 0.3 is 6.18 Å². The number of nitrogens with one attached hydrogen (secondary N) is 2. The number of nitrogens with zero attached hydrogens (tertiary/aromatic N) is 9. The van der Waals surface area contributed by atoms with Crippen LogP contribution >= 0.6 is 11.6 Å². The van der Waals surface area contributed by atoms with Gasteiger partial charge in [0.05, 0.1) is 54.7 Å². The second-order valence-corrected chi connectivity index (χ2v) is 14.6. The quantitative estimate of drug-likeness (QED) is 0.261. The van der Waals surface area contributed by atoms with Crippen molar-refractivity contribution in [2.45, 2.75) is 19.0 Å². The molecule has 0 spiro atoms. The standard InChI is InChI=1S/C35H39ClF3N11O3/c1-46-28(26-20-49(34-41-8-3-9-42-34)45-29(26)35(37,38)39)19-43-30(46)31(51)44-24-4-5-25(27(36)16-24)33(53)48-12-10-47(11-13-48)32(52)23-6-14-50(2,15-7-23)21-22-17-40-18-22/h3-5,8-9,16,19-20,22-23,40H,6-7,10-15,17-18,21H2,1-2H3/p+1. The largest absolute Gasteiger partial charge is 0.435 e. The zero-order valence-electron chi connectivity index (χ0n) is 29.3. The van der Waals surface area contributed by atoms with Gasteiger partial charge < -0.3 is 29.5 Å². The molecule has 0 radical (unpaired) electrons. The van der Waals surface area contributed by atoms with E-state index < -0.39 is 17.8 Å². The number of imidazole rings is 1. The number of benzene rings is 1. The number of halogens is 4. The van der Waals surface area contributed by atoms with Gasteiger partial charge in [-0.3, -0.25) is 14.4 Å². The minimum Gasteiger partial charge on any atom is -0.339 e. The molecule has 53 heavy (non-hydrogen) atoms. The third-order valence-corrected chi connectivity index (χ3v) is 10.8. The van der Waals surface area contributed by atoms with Gasteiger partial charge in [0.2, 0.25) is 11.9 Å². The van der Waals surface area contributed by atoms with Crippen molar-refractivity contribution in [3.63, 3.8) is 0 Å². The molecule has 3 saturated heterocycles. The van der Waals surface area contributed by atoms with Crippen molar-refractivity contribution in [1.82, 2.24) is 44.4 Å². The van der Waals surface area contributed by atoms with E-state index in [0.717, 1.165) is 73.0 Å². The topological polar surface area (TPSA) is 143 Å². The summed E-state index contributed by atoms with van der Waals surface area (Å²) in [6, 6.07) is 5.98. The van der Waals surface area contributed by atoms with Crippen LogP contribution in [0.25, 0.3) is 17.2 Å². The number of carbonyl (C=O) groups excluding carboxylic acids is 3. The first-order valence-electron chi connectivity index (χ1n) is 17.5. The van der Waals surface area contributed by atoms with E-state index in [1.54, 1.807) is 4.90 Å². The molecule has 0 aliphatic carbocycles. The van der Waals surface area contributed by atoms with Crippen LogP contribution in [-0.4, -0.2) is 127 Å². The molecule has 14 nitrogen and oxygen atoms in total. The fourth-order valence-corrected chi connectivity index (χ4v) is 7.65. The molecular weight excluding hydrogens is 715 g/mol. The summed E-state index contributed by atoms with van der Waals surface area (Å²) in [6.07, 6.45) is 1.98. The lowest BCUT2D eigenvalue weighted by Gasteiger charge is -2.45. The molecule has 3 aliphatic rings. The number of alkyl halides is 3. The number of aromatic nitrogens is 6. The van der Waals surface area contributed by atoms with Crippen LogP contribution in [0.3, 0.4) is 0 Å². The normalized spacial score (nSPS) is 21.0. The van der Waals surface area contributed by atoms with Crippen molar-refractivity contribution in [3.8, 4) is 17.2 Å². The number of amides is 3. The molecule has 0 atom stereocenters. The fourth-order valence-electron chi connectivity index (χ4n) is 7.39. The third-order valence-electron chi connectivity index (χ3n) is 10.5. The predicted octanol–water partition coefficient (Wildman–Crippen LogP) is 3.35. The number of likely N-dealkylation sites (tertiary alicyclic amines) is 1. The van der Waals surface area contributed by atoms with Gasteiger partial charge in [0.15, 0.2) is 11.5 Å². The van der Waals surface area contributed by atoms with Crippen molar-refractivity contribution in [3.05, 3.63) is 71.2 Å². The van der Waals surface area contributed by atoms with E-state index in [1.807, 2.05) is 4.90 Å². The molecule has 3 aliphatic heterocycles. The van der Waals surface area contributed by atoms with Crippen LogP contribution in [0.2, 0.25) is 5.02 Å². The van der Waals surface area contributed by atoms with Crippen LogP contribution in [0.5, 0.6) is 0 Å². The molecular formula is C35H40ClF3N11O3+. The molecule has 2 N–H and O–H groups in total. The SMILES string of the molecule is Cn1c(-c2cn(-c3ncccn3)nc2C(F)(F)F)cnc1C(=O)Nc1ccc(C(=O)N2CCN(C(=O)C3CC[N+](C)(CC4CNC4)CC3)CC2)c(Cl)c1. The van der Waals surface area contributed by atoms with Gasteiger partial charge in [-0.2, -0.15) is 18.3 Å². The first-order chi connectivity index (χ1) is 25.3. The van der Waals surface area contributed by atoms with Crippen LogP contribution in [0.4, 0.5) is 18.9 Å². The minimum atomic E-state index is -4.81. The average Bonchev–Trinajstić information content (AvgIpc) is 3.74. The number of hydrogen-bond donors (Lipinski definition) is 2. The summed E-state index contributed by atoms with van der Waals surface area (Å²) in [5.74, 6) is -0.315. The first-order valence-corrected chi connectivity index (χ1v) is 17.9. The highest BCUT2D eigenvalue weighted by Crippen LogP contribution is 2.37. The Balaban J connectivity index is 0.957. The van der Waals surface area contributed by atoms with Crippen molar-refractivity contribution >= 4 is 35.0 Å². The van der Waals surface area contributed by atoms with Crippen molar-refractivity contribution < 1.29 is 32.0 Å². The van der Waals surface area contributed by atoms with Gasteiger partial charge in [0, 0.05) is 95.3 Å². The van der Waals surface area contributed by atoms with Crippen LogP contribution in [0.1, 0.15) is 39.5 Å². The van der Waals surface area contributed by atoms with Crippen LogP contribution in [0, 0.1) is 11.8 Å². The Kier molecular flexibility index (Phi) is 9.99. The van der Waals surface area contributed by atoms with Gasteiger partial charge in [0.1, 0.15) is 0 Å². The summed E-state index contributed by atoms with van der Waals surface area (Å²) >= 11 is 6.53. The van der Waals surface area contributed by atoms with Gasteiger partial charge in [-0.1, -0.05) is 11.6 Å². The van der Waals surface area contributed by atoms with Crippen molar-refractivity contribution in [2.24, 2.45) is 18.9 Å². The molecule has 6 heterocycles. The average molecular weight is 755 g/mol. The van der Waals surface area contributed by atoms with Crippen LogP contribution in [-0.2, 0) is 18.0 Å². The molecule has 280 valence electrons. The number of quaternary nitrogens is 1. The van der Waals surface area contributed by atoms with E-state index >= 15 is 0 Å². The lowest BCUT2D eigenvalue weighted by atomic mass is 9.91. The summed E-state index contributed by atoms with van der Waals surface area (Å²) in [5.41, 5.74) is -1.02. The summed E-state index contributed by atoms with van der Waals surface area (Å²) in [4.78, 5) is 55.6. The molecule has 7 rings (SSSR count). The zero-order chi connectivity index (χ0) is 37.5. The van der Waals surface area contributed by atoms with E-state index in [-0.39, 0.29) is 57.0 Å². The van der Waals surface area contributed by atoms with E-state index in [0.29, 0.717) is 26.2 Å². The monoisotopic (exact) mass is 754 g/mol. The van der Waals surface area contributed by atoms with E-state index in [1.165, 1.54) is 48.3 Å². The molecule has 1 aromatic carbocycles. The highest BCUT2D eigenvalue weighted by Gasteiger charge is 2.40. The van der Waals surface area contributed by atoms with E-state index in [2.05, 4.69) is 37.7 Å². The molecule has 0 unspecified atom stereocenters. The van der Waals surface area contributed by atoms with Crippen molar-refractivity contribution in [2.75, 3.05) is 71.3 Å². The number of carbonyl (C=O) groups is 3. The van der Waals surface area contributed by atoms with Gasteiger partial charge in [0.25, 0.3) is 11.8 Å². The lowest BCUT2D eigenvalue weighted by Crippen LogP contribution is -2.59. The number of rotatable bonds is 8. The lowest BCUT2D eigenvalue weighted by molar-refractivity contribution is -0.918. The maximum atomic E-state index is 14.0. The highest BCUT2D eigenvalue weighted by molar-refractivity contribution is 6.34. The molecule has 0 bridgehead atoms. The van der Waals surface area contributed by atoms with Crippen LogP contribution in [0.15, 0.2) is 49.1 Å². The number of anilines is 1. The highest BCUT2D eigenvalue weighted by atomic mass is 35.5. The molecule has 0 saturated carbocycles. The first kappa shape index (κ1) is 36.5. The summed E-state index contributed by atoms with van der Waals surface area (Å²) < 4.78 is 45.1. The Morgan fingerprint density at radius 1 is 1.02 bits per heavy atom. The Morgan fingerprint density at radius 2 is 1.70 bits per heavy atom. The molecule has 3 fully saturated rings. The second-order valence-electron chi connectivity index (χ2n) is 14.2. The molecule has 3 amide bonds. The minimum absolute atomic E-state index is 0.0106.